The van der Waals surface area contributed by atoms with Gasteiger partial charge in [-0.1, -0.05) is 0 Å². The molecule has 8 nitrogen and oxygen atoms in total. The number of imidazole rings is 1. The fraction of sp³-hybridized carbons (Fsp3) is 0.647. The van der Waals surface area contributed by atoms with Gasteiger partial charge >= 0.3 is 0 Å². The van der Waals surface area contributed by atoms with Gasteiger partial charge < -0.3 is 20.1 Å². The Kier molecular flexibility index (Phi) is 3.89. The van der Waals surface area contributed by atoms with Gasteiger partial charge in [-0.05, 0) is 12.8 Å². The summed E-state index contributed by atoms with van der Waals surface area (Å²) in [5.74, 6) is -2.48. The topological polar surface area (TPSA) is 120 Å². The number of hydrogen-bond donors (Lipinski definition) is 3. The van der Waals surface area contributed by atoms with Gasteiger partial charge in [0.05, 0.1) is 23.9 Å². The summed E-state index contributed by atoms with van der Waals surface area (Å²) in [4.78, 5) is 13.1. The number of fused-ring (bicyclic) bond motifs is 2. The molecule has 0 saturated heterocycles. The van der Waals surface area contributed by atoms with E-state index >= 15 is 0 Å². The van der Waals surface area contributed by atoms with Crippen LogP contribution >= 0.6 is 22.6 Å². The lowest BCUT2D eigenvalue weighted by molar-refractivity contribution is -0.00676. The SMILES string of the molecule is N#C[C@@]12C[C@@H]1[C@@H](n1cnc3c(N[C@H]4CCC(F)(F)C4)nc(I)nc31)[C@H](O)[C@@H]2O. The summed E-state index contributed by atoms with van der Waals surface area (Å²) in [5.41, 5.74) is -0.0480. The zero-order valence-electron chi connectivity index (χ0n) is 14.6. The van der Waals surface area contributed by atoms with Gasteiger partial charge in [-0.2, -0.15) is 5.26 Å². The maximum atomic E-state index is 13.5. The molecule has 28 heavy (non-hydrogen) atoms. The molecule has 3 fully saturated rings. The molecule has 0 unspecified atom stereocenters. The van der Waals surface area contributed by atoms with Crippen LogP contribution in [-0.2, 0) is 0 Å². The standard InChI is InChI=1S/C17H17F2IN6O2/c18-17(19)2-1-7(3-17)23-13-9-14(25-15(20)24-13)26(6-22-9)10-8-4-16(8,5-21)12(28)11(10)27/h6-8,10-12,27-28H,1-4H2,(H,23,24,25)/t7-,8+,10+,11-,12-,16-/m0/s1. The van der Waals surface area contributed by atoms with E-state index in [0.29, 0.717) is 33.7 Å². The predicted molar refractivity (Wildman–Crippen MR) is 101 cm³/mol. The summed E-state index contributed by atoms with van der Waals surface area (Å²) in [6.45, 7) is 0. The predicted octanol–water partition coefficient (Wildman–Crippen LogP) is 1.84. The van der Waals surface area contributed by atoms with Crippen molar-refractivity contribution in [3.8, 4) is 6.07 Å². The molecule has 0 spiro atoms. The van der Waals surface area contributed by atoms with Crippen LogP contribution in [0.25, 0.3) is 11.2 Å². The Balaban J connectivity index is 1.52. The Morgan fingerprint density at radius 3 is 2.75 bits per heavy atom. The number of aliphatic hydroxyl groups is 2. The molecule has 2 heterocycles. The zero-order valence-corrected chi connectivity index (χ0v) is 16.7. The normalized spacial score (nSPS) is 38.4. The van der Waals surface area contributed by atoms with Crippen LogP contribution in [0, 0.1) is 26.5 Å². The van der Waals surface area contributed by atoms with Crippen LogP contribution in [0.3, 0.4) is 0 Å². The molecule has 3 N–H and O–H groups in total. The first kappa shape index (κ1) is 18.4. The minimum Gasteiger partial charge on any atom is -0.389 e. The Hall–Kier alpha value is -1.65. The minimum absolute atomic E-state index is 0.158. The van der Waals surface area contributed by atoms with Crippen LogP contribution in [0.15, 0.2) is 6.33 Å². The Morgan fingerprint density at radius 2 is 2.11 bits per heavy atom. The maximum Gasteiger partial charge on any atom is 0.250 e. The molecule has 5 rings (SSSR count). The average molecular weight is 502 g/mol. The molecule has 6 atom stereocenters. The van der Waals surface area contributed by atoms with Gasteiger partial charge in [-0.3, -0.25) is 0 Å². The van der Waals surface area contributed by atoms with E-state index in [9.17, 15) is 24.3 Å². The first-order valence-corrected chi connectivity index (χ1v) is 10.2. The quantitative estimate of drug-likeness (QED) is 0.433. The molecule has 3 saturated carbocycles. The highest BCUT2D eigenvalue weighted by atomic mass is 127. The fourth-order valence-corrected chi connectivity index (χ4v) is 5.30. The van der Waals surface area contributed by atoms with Crippen LogP contribution in [-0.4, -0.2) is 53.9 Å². The summed E-state index contributed by atoms with van der Waals surface area (Å²) >= 11 is 1.94. The lowest BCUT2D eigenvalue weighted by Gasteiger charge is -2.22. The summed E-state index contributed by atoms with van der Waals surface area (Å²) in [7, 11) is 0. The average Bonchev–Trinajstić information content (AvgIpc) is 2.95. The lowest BCUT2D eigenvalue weighted by atomic mass is 10.0. The smallest absolute Gasteiger partial charge is 0.250 e. The number of nitrogens with one attached hydrogen (secondary N) is 1. The Bertz CT molecular complexity index is 1010. The van der Waals surface area contributed by atoms with Crippen molar-refractivity contribution in [1.82, 2.24) is 19.5 Å². The van der Waals surface area contributed by atoms with E-state index < -0.39 is 35.6 Å². The molecule has 0 bridgehead atoms. The van der Waals surface area contributed by atoms with Crippen molar-refractivity contribution in [2.45, 2.75) is 55.9 Å². The van der Waals surface area contributed by atoms with Crippen molar-refractivity contribution < 1.29 is 19.0 Å². The van der Waals surface area contributed by atoms with E-state index in [2.05, 4.69) is 26.3 Å². The molecule has 0 aromatic carbocycles. The van der Waals surface area contributed by atoms with E-state index in [1.54, 1.807) is 4.57 Å². The number of aliphatic hydroxyl groups excluding tert-OH is 2. The van der Waals surface area contributed by atoms with Gasteiger partial charge in [0.1, 0.15) is 12.2 Å². The highest BCUT2D eigenvalue weighted by Crippen LogP contribution is 2.67. The highest BCUT2D eigenvalue weighted by Gasteiger charge is 2.72. The van der Waals surface area contributed by atoms with E-state index in [0.717, 1.165) is 0 Å². The number of rotatable bonds is 3. The van der Waals surface area contributed by atoms with Crippen molar-refractivity contribution in [3.05, 3.63) is 10.2 Å². The number of nitrogens with zero attached hydrogens (tertiary/aromatic N) is 5. The molecule has 2 aromatic rings. The maximum absolute atomic E-state index is 13.5. The minimum atomic E-state index is -2.67. The number of aromatic nitrogens is 4. The van der Waals surface area contributed by atoms with Crippen molar-refractivity contribution in [3.63, 3.8) is 0 Å². The van der Waals surface area contributed by atoms with E-state index in [1.807, 2.05) is 22.6 Å². The first-order valence-electron chi connectivity index (χ1n) is 9.07. The third kappa shape index (κ3) is 2.54. The third-order valence-corrected chi connectivity index (χ3v) is 6.82. The van der Waals surface area contributed by atoms with Crippen LogP contribution in [0.2, 0.25) is 0 Å². The van der Waals surface area contributed by atoms with E-state index in [4.69, 9.17) is 0 Å². The van der Waals surface area contributed by atoms with Crippen LogP contribution in [0.5, 0.6) is 0 Å². The number of hydrogen-bond acceptors (Lipinski definition) is 7. The Labute approximate surface area is 172 Å². The zero-order chi connectivity index (χ0) is 19.8. The second kappa shape index (κ2) is 5.93. The van der Waals surface area contributed by atoms with Gasteiger partial charge in [0.15, 0.2) is 20.8 Å². The molecular weight excluding hydrogens is 485 g/mol. The molecule has 0 amide bonds. The van der Waals surface area contributed by atoms with Crippen LogP contribution in [0.1, 0.15) is 31.7 Å². The number of nitriles is 1. The van der Waals surface area contributed by atoms with Crippen molar-refractivity contribution in [1.29, 1.82) is 5.26 Å². The number of alkyl halides is 2. The van der Waals surface area contributed by atoms with E-state index in [-0.39, 0.29) is 18.8 Å². The largest absolute Gasteiger partial charge is 0.389 e. The highest BCUT2D eigenvalue weighted by molar-refractivity contribution is 14.1. The van der Waals surface area contributed by atoms with Crippen molar-refractivity contribution >= 4 is 39.6 Å². The fourth-order valence-electron chi connectivity index (χ4n) is 4.83. The lowest BCUT2D eigenvalue weighted by Crippen LogP contribution is -2.33. The monoisotopic (exact) mass is 502 g/mol. The molecule has 0 radical (unpaired) electrons. The first-order chi connectivity index (χ1) is 13.3. The van der Waals surface area contributed by atoms with Gasteiger partial charge in [0, 0.05) is 47.4 Å². The second-order valence-electron chi connectivity index (χ2n) is 7.99. The van der Waals surface area contributed by atoms with E-state index in [1.165, 1.54) is 6.33 Å². The number of halogens is 3. The third-order valence-electron chi connectivity index (χ3n) is 6.34. The molecule has 0 aliphatic heterocycles. The van der Waals surface area contributed by atoms with Gasteiger partial charge in [-0.25, -0.2) is 23.7 Å². The summed E-state index contributed by atoms with van der Waals surface area (Å²) in [6.07, 6.45) is -0.273. The van der Waals surface area contributed by atoms with Crippen LogP contribution < -0.4 is 5.32 Å². The second-order valence-corrected chi connectivity index (χ2v) is 8.96. The molecule has 2 aromatic heterocycles. The number of anilines is 1. The summed E-state index contributed by atoms with van der Waals surface area (Å²) < 4.78 is 29.1. The molecular formula is C17H17F2IN6O2. The molecule has 148 valence electrons. The summed E-state index contributed by atoms with van der Waals surface area (Å²) in [6, 6.07) is 1.23. The molecule has 11 heteroatoms. The van der Waals surface area contributed by atoms with Crippen LogP contribution in [0.4, 0.5) is 14.6 Å². The Morgan fingerprint density at radius 1 is 1.32 bits per heavy atom. The van der Waals surface area contributed by atoms with Gasteiger partial charge in [0.25, 0.3) is 0 Å². The van der Waals surface area contributed by atoms with Gasteiger partial charge in [-0.15, -0.1) is 0 Å². The molecule has 3 aliphatic carbocycles. The summed E-state index contributed by atoms with van der Waals surface area (Å²) in [5, 5.41) is 33.3. The van der Waals surface area contributed by atoms with Gasteiger partial charge in [0.2, 0.25) is 5.92 Å². The van der Waals surface area contributed by atoms with Crippen molar-refractivity contribution in [2.24, 2.45) is 11.3 Å². The molecule has 3 aliphatic rings. The van der Waals surface area contributed by atoms with Crippen molar-refractivity contribution in [2.75, 3.05) is 5.32 Å².